The molecule has 3 N–H and O–H groups in total. The lowest BCUT2D eigenvalue weighted by Gasteiger charge is -2.43. The number of benzene rings is 3. The fourth-order valence-electron chi connectivity index (χ4n) is 8.71. The van der Waals surface area contributed by atoms with Crippen molar-refractivity contribution in [3.63, 3.8) is 0 Å². The molecule has 4 atom stereocenters. The average Bonchev–Trinajstić information content (AvgIpc) is 4.10. The van der Waals surface area contributed by atoms with E-state index in [2.05, 4.69) is 32.4 Å². The maximum Gasteiger partial charge on any atom is 0.407 e. The number of methoxy groups -OCH3 is 1. The number of amides is 4. The highest BCUT2D eigenvalue weighted by Crippen LogP contribution is 2.37. The molecule has 8 rings (SSSR count). The van der Waals surface area contributed by atoms with Crippen LogP contribution >= 0.6 is 0 Å². The summed E-state index contributed by atoms with van der Waals surface area (Å²) in [6.07, 6.45) is 6.21. The quantitative estimate of drug-likeness (QED) is 0.110. The highest BCUT2D eigenvalue weighted by atomic mass is 16.5. The number of aromatic amines is 2. The van der Waals surface area contributed by atoms with E-state index in [1.54, 1.807) is 22.3 Å². The zero-order chi connectivity index (χ0) is 43.3. The van der Waals surface area contributed by atoms with Gasteiger partial charge in [-0.15, -0.1) is 0 Å². The highest BCUT2D eigenvalue weighted by molar-refractivity contribution is 5.89. The van der Waals surface area contributed by atoms with Crippen LogP contribution in [0.25, 0.3) is 33.6 Å². The third kappa shape index (κ3) is 8.97. The van der Waals surface area contributed by atoms with Gasteiger partial charge in [-0.25, -0.2) is 19.8 Å². The van der Waals surface area contributed by atoms with E-state index < -0.39 is 30.1 Å². The minimum absolute atomic E-state index is 0.0971. The largest absolute Gasteiger partial charge is 0.461 e. The number of hydrazine groups is 1. The molecule has 3 aromatic carbocycles. The number of rotatable bonds is 12. The second-order valence-electron chi connectivity index (χ2n) is 16.5. The fraction of sp³-hybridized carbons (Fsp3) is 0.383. The first-order valence-corrected chi connectivity index (χ1v) is 21.4. The monoisotopic (exact) mass is 840 g/mol. The molecule has 62 heavy (non-hydrogen) atoms. The Balaban J connectivity index is 0.916. The van der Waals surface area contributed by atoms with Gasteiger partial charge in [-0.2, -0.15) is 0 Å². The Morgan fingerprint density at radius 2 is 1.35 bits per heavy atom. The molecule has 5 heterocycles. The number of nitrogens with one attached hydrogen (secondary N) is 3. The smallest absolute Gasteiger partial charge is 0.407 e. The zero-order valence-corrected chi connectivity index (χ0v) is 35.2. The van der Waals surface area contributed by atoms with Gasteiger partial charge in [0.2, 0.25) is 17.7 Å². The number of alkyl carbamates (subject to hydrolysis) is 1. The van der Waals surface area contributed by atoms with Gasteiger partial charge in [0.1, 0.15) is 30.3 Å². The summed E-state index contributed by atoms with van der Waals surface area (Å²) in [6, 6.07) is 24.3. The molecule has 15 nitrogen and oxygen atoms in total. The van der Waals surface area contributed by atoms with Crippen molar-refractivity contribution in [1.82, 2.24) is 40.2 Å². The molecule has 0 saturated carbocycles. The van der Waals surface area contributed by atoms with Gasteiger partial charge in [0, 0.05) is 19.5 Å². The maximum atomic E-state index is 14.1. The van der Waals surface area contributed by atoms with E-state index in [9.17, 15) is 24.0 Å². The van der Waals surface area contributed by atoms with Crippen molar-refractivity contribution in [2.45, 2.75) is 83.5 Å². The number of esters is 1. The second-order valence-corrected chi connectivity index (χ2v) is 16.5. The number of imidazole rings is 2. The van der Waals surface area contributed by atoms with Crippen LogP contribution in [0.3, 0.4) is 0 Å². The standard InChI is InChI=1S/C47H52N8O7/c1-29(2)42(52-47(60)61-3)46(59)53-23-7-11-38(53)43-48-26-36(50-43)33-17-13-31(14-18-33)32-15-19-34(20-16-32)37-27-49-44(51-37)39-12-8-24-54-40(56)22-21-35(45(58)55(39)54)25-41(57)62-28-30-9-5-4-6-10-30/h4-6,9-10,13-20,26-27,29,35,38-39,42H,7-8,11-12,21-25,28H2,1-3H3,(H,48,50)(H,49,51)(H,52,60)/t35-,38+,39+,42+/m1/s1. The summed E-state index contributed by atoms with van der Waals surface area (Å²) in [7, 11) is 1.28. The number of nitrogens with zero attached hydrogens (tertiary/aromatic N) is 5. The lowest BCUT2D eigenvalue weighted by molar-refractivity contribution is -0.176. The average molecular weight is 841 g/mol. The van der Waals surface area contributed by atoms with Gasteiger partial charge in [-0.3, -0.25) is 24.2 Å². The van der Waals surface area contributed by atoms with Crippen molar-refractivity contribution < 1.29 is 33.4 Å². The Kier molecular flexibility index (Phi) is 12.5. The molecule has 0 bridgehead atoms. The van der Waals surface area contributed by atoms with Crippen LogP contribution in [-0.4, -0.2) is 90.9 Å². The van der Waals surface area contributed by atoms with E-state index in [1.807, 2.05) is 80.6 Å². The Bertz CT molecular complexity index is 2390. The number of carbonyl (C=O) groups is 5. The van der Waals surface area contributed by atoms with E-state index in [1.165, 1.54) is 12.1 Å². The third-order valence-electron chi connectivity index (χ3n) is 12.1. The first-order valence-electron chi connectivity index (χ1n) is 21.4. The predicted octanol–water partition coefficient (Wildman–Crippen LogP) is 7.13. The number of fused-ring (bicyclic) bond motifs is 1. The van der Waals surface area contributed by atoms with Crippen LogP contribution in [0, 0.1) is 11.8 Å². The van der Waals surface area contributed by atoms with Gasteiger partial charge >= 0.3 is 12.1 Å². The van der Waals surface area contributed by atoms with E-state index >= 15 is 0 Å². The summed E-state index contributed by atoms with van der Waals surface area (Å²) >= 11 is 0. The van der Waals surface area contributed by atoms with E-state index in [0.717, 1.165) is 52.0 Å². The van der Waals surface area contributed by atoms with Crippen LogP contribution in [0.5, 0.6) is 0 Å². The SMILES string of the molecule is COC(=O)N[C@H](C(=O)N1CCC[C@H]1c1ncc(-c2ccc(-c3ccc(-c4cnc([C@@H]5CCCN6C(=O)CC[C@H](CC(=O)OCc7ccccc7)C(=O)N56)[nH]4)cc3)cc2)[nH]1)C(C)C. The number of likely N-dealkylation sites (tertiary alicyclic amines) is 1. The minimum Gasteiger partial charge on any atom is -0.461 e. The zero-order valence-electron chi connectivity index (χ0n) is 35.2. The lowest BCUT2D eigenvalue weighted by Crippen LogP contribution is -2.54. The predicted molar refractivity (Wildman–Crippen MR) is 229 cm³/mol. The van der Waals surface area contributed by atoms with Crippen LogP contribution in [0.1, 0.15) is 88.1 Å². The molecule has 3 aliphatic heterocycles. The molecule has 4 amide bonds. The first-order chi connectivity index (χ1) is 30.1. The van der Waals surface area contributed by atoms with Gasteiger partial charge in [-0.05, 0) is 65.8 Å². The van der Waals surface area contributed by atoms with Crippen molar-refractivity contribution >= 4 is 29.8 Å². The van der Waals surface area contributed by atoms with Crippen molar-refractivity contribution in [2.24, 2.45) is 11.8 Å². The van der Waals surface area contributed by atoms with E-state index in [4.69, 9.17) is 14.5 Å². The summed E-state index contributed by atoms with van der Waals surface area (Å²) in [5, 5.41) is 5.77. The summed E-state index contributed by atoms with van der Waals surface area (Å²) in [6.45, 7) is 4.93. The van der Waals surface area contributed by atoms with Crippen LogP contribution in [-0.2, 0) is 35.3 Å². The van der Waals surface area contributed by atoms with Crippen molar-refractivity contribution in [3.05, 3.63) is 108 Å². The van der Waals surface area contributed by atoms with Crippen LogP contribution < -0.4 is 5.32 Å². The molecule has 3 saturated heterocycles. The molecule has 0 radical (unpaired) electrons. The third-order valence-corrected chi connectivity index (χ3v) is 12.1. The molecule has 3 fully saturated rings. The molecule has 0 unspecified atom stereocenters. The van der Waals surface area contributed by atoms with Gasteiger partial charge in [0.15, 0.2) is 0 Å². The lowest BCUT2D eigenvalue weighted by atomic mass is 9.97. The Morgan fingerprint density at radius 3 is 1.97 bits per heavy atom. The van der Waals surface area contributed by atoms with Crippen molar-refractivity contribution in [1.29, 1.82) is 0 Å². The fourth-order valence-corrected chi connectivity index (χ4v) is 8.71. The normalized spacial score (nSPS) is 19.5. The highest BCUT2D eigenvalue weighted by Gasteiger charge is 2.44. The summed E-state index contributed by atoms with van der Waals surface area (Å²) in [5.41, 5.74) is 6.41. The van der Waals surface area contributed by atoms with E-state index in [0.29, 0.717) is 37.6 Å². The number of carbonyl (C=O) groups excluding carboxylic acids is 5. The van der Waals surface area contributed by atoms with Gasteiger partial charge in [0.25, 0.3) is 0 Å². The Morgan fingerprint density at radius 1 is 0.774 bits per heavy atom. The maximum absolute atomic E-state index is 14.1. The van der Waals surface area contributed by atoms with Crippen LogP contribution in [0.4, 0.5) is 4.79 Å². The molecule has 0 aliphatic carbocycles. The van der Waals surface area contributed by atoms with Crippen molar-refractivity contribution in [3.8, 4) is 33.6 Å². The topological polar surface area (TPSA) is 183 Å². The van der Waals surface area contributed by atoms with Crippen LogP contribution in [0.15, 0.2) is 91.3 Å². The molecular weight excluding hydrogens is 789 g/mol. The van der Waals surface area contributed by atoms with Gasteiger partial charge < -0.3 is 29.7 Å². The number of hydrogen-bond donors (Lipinski definition) is 3. The van der Waals surface area contributed by atoms with Gasteiger partial charge in [0.05, 0.1) is 49.3 Å². The Hall–Kier alpha value is -6.77. The summed E-state index contributed by atoms with van der Waals surface area (Å²) < 4.78 is 10.3. The molecule has 3 aliphatic rings. The second kappa shape index (κ2) is 18.5. The van der Waals surface area contributed by atoms with Crippen LogP contribution in [0.2, 0.25) is 0 Å². The summed E-state index contributed by atoms with van der Waals surface area (Å²) in [5.74, 6) is -0.520. The molecule has 2 aromatic heterocycles. The number of H-pyrrole nitrogens is 2. The molecule has 0 spiro atoms. The number of hydrogen-bond acceptors (Lipinski definition) is 9. The van der Waals surface area contributed by atoms with Crippen molar-refractivity contribution in [2.75, 3.05) is 20.2 Å². The molecular formula is C47H52N8O7. The number of aromatic nitrogens is 4. The minimum atomic E-state index is -0.700. The summed E-state index contributed by atoms with van der Waals surface area (Å²) in [4.78, 5) is 83.8. The first kappa shape index (κ1) is 41.9. The van der Waals surface area contributed by atoms with E-state index in [-0.39, 0.29) is 55.6 Å². The molecule has 5 aromatic rings. The molecule has 322 valence electrons. The Labute approximate surface area is 360 Å². The van der Waals surface area contributed by atoms with Gasteiger partial charge in [-0.1, -0.05) is 92.7 Å². The number of ether oxygens (including phenoxy) is 2. The molecule has 15 heteroatoms.